The van der Waals surface area contributed by atoms with Gasteiger partial charge in [0.15, 0.2) is 0 Å². The highest BCUT2D eigenvalue weighted by Crippen LogP contribution is 2.26. The van der Waals surface area contributed by atoms with Gasteiger partial charge in [-0.2, -0.15) is 0 Å². The summed E-state index contributed by atoms with van der Waals surface area (Å²) in [5, 5.41) is 3.69. The van der Waals surface area contributed by atoms with E-state index in [1.807, 2.05) is 20.8 Å². The van der Waals surface area contributed by atoms with Crippen LogP contribution in [0, 0.1) is 5.41 Å². The molecule has 0 saturated heterocycles. The van der Waals surface area contributed by atoms with Gasteiger partial charge in [-0.25, -0.2) is 0 Å². The largest absolute Gasteiger partial charge is 0.375 e. The van der Waals surface area contributed by atoms with Gasteiger partial charge in [0.25, 0.3) is 0 Å². The van der Waals surface area contributed by atoms with E-state index in [2.05, 4.69) is 69.5 Å². The zero-order valence-electron chi connectivity index (χ0n) is 16.7. The predicted octanol–water partition coefficient (Wildman–Crippen LogP) is 5.50. The first-order valence-corrected chi connectivity index (χ1v) is 9.84. The van der Waals surface area contributed by atoms with Crippen molar-refractivity contribution in [2.75, 3.05) is 6.61 Å². The van der Waals surface area contributed by atoms with Crippen LogP contribution in [0.2, 0.25) is 0 Å². The Labute approximate surface area is 157 Å². The van der Waals surface area contributed by atoms with Gasteiger partial charge >= 0.3 is 0 Å². The molecule has 0 aromatic rings. The first-order valence-electron chi connectivity index (χ1n) is 8.76. The van der Waals surface area contributed by atoms with Crippen molar-refractivity contribution in [3.63, 3.8) is 0 Å². The number of nitrogens with one attached hydrogen (secondary N) is 1. The van der Waals surface area contributed by atoms with Gasteiger partial charge in [-0.05, 0) is 53.9 Å². The highest BCUT2D eigenvalue weighted by Gasteiger charge is 2.30. The smallest absolute Gasteiger partial charge is 0.138 e. The Morgan fingerprint density at radius 2 is 1.52 bits per heavy atom. The first-order chi connectivity index (χ1) is 10.1. The molecule has 3 nitrogen and oxygen atoms in total. The van der Waals surface area contributed by atoms with E-state index in [-0.39, 0.29) is 20.1 Å². The fourth-order valence-electron chi connectivity index (χ4n) is 2.46. The van der Waals surface area contributed by atoms with Gasteiger partial charge in [0, 0.05) is 24.0 Å². The second kappa shape index (κ2) is 8.61. The summed E-state index contributed by atoms with van der Waals surface area (Å²) in [4.78, 5) is 12.1. The van der Waals surface area contributed by atoms with E-state index < -0.39 is 0 Å². The number of rotatable bonds is 10. The molecule has 0 heterocycles. The molecular weight excluding hydrogens is 401 g/mol. The molecule has 0 bridgehead atoms. The van der Waals surface area contributed by atoms with Gasteiger partial charge in [0.2, 0.25) is 0 Å². The van der Waals surface area contributed by atoms with E-state index in [9.17, 15) is 4.79 Å². The van der Waals surface area contributed by atoms with E-state index in [0.29, 0.717) is 18.8 Å². The molecule has 0 spiro atoms. The van der Waals surface area contributed by atoms with E-state index in [1.54, 1.807) is 0 Å². The van der Waals surface area contributed by atoms with Crippen molar-refractivity contribution in [2.45, 2.75) is 103 Å². The van der Waals surface area contributed by atoms with Crippen molar-refractivity contribution in [3.8, 4) is 0 Å². The van der Waals surface area contributed by atoms with Crippen LogP contribution in [0.25, 0.3) is 0 Å². The Kier molecular flexibility index (Phi) is 8.73. The van der Waals surface area contributed by atoms with Gasteiger partial charge in [0.1, 0.15) is 5.78 Å². The molecule has 0 aromatic heterocycles. The maximum Gasteiger partial charge on any atom is 0.138 e. The van der Waals surface area contributed by atoms with Gasteiger partial charge in [-0.15, -0.1) is 0 Å². The summed E-state index contributed by atoms with van der Waals surface area (Å²) in [5.74, 6) is 0.306. The maximum atomic E-state index is 12.1. The third-order valence-corrected chi connectivity index (χ3v) is 4.59. The maximum absolute atomic E-state index is 12.1. The van der Waals surface area contributed by atoms with Crippen LogP contribution in [0.5, 0.6) is 0 Å². The minimum absolute atomic E-state index is 0.0666. The number of ether oxygens (including phenoxy) is 1. The Bertz CT molecular complexity index is 380. The van der Waals surface area contributed by atoms with Crippen molar-refractivity contribution in [3.05, 3.63) is 0 Å². The van der Waals surface area contributed by atoms with Crippen molar-refractivity contribution in [1.82, 2.24) is 5.32 Å². The quantitative estimate of drug-likeness (QED) is 0.278. The average Bonchev–Trinajstić information content (AvgIpc) is 2.32. The van der Waals surface area contributed by atoms with Gasteiger partial charge < -0.3 is 4.74 Å². The number of ketones is 1. The molecule has 0 aliphatic heterocycles. The molecule has 1 atom stereocenters. The standard InChI is InChI=1S/C19H38INO2/c1-10-19(9,21-18(7,8)20)13-14-23-17(5,6)12-11-15(22)16(2,3)4/h21H,10-14H2,1-9H3. The van der Waals surface area contributed by atoms with Crippen LogP contribution < -0.4 is 5.32 Å². The van der Waals surface area contributed by atoms with Crippen LogP contribution in [0.3, 0.4) is 0 Å². The first kappa shape index (κ1) is 23.3. The topological polar surface area (TPSA) is 38.3 Å². The third kappa shape index (κ3) is 10.7. The molecule has 23 heavy (non-hydrogen) atoms. The van der Waals surface area contributed by atoms with Crippen LogP contribution in [-0.2, 0) is 9.53 Å². The second-order valence-electron chi connectivity index (χ2n) is 9.04. The number of alkyl halides is 1. The minimum Gasteiger partial charge on any atom is -0.375 e. The predicted molar refractivity (Wildman–Crippen MR) is 108 cm³/mol. The van der Waals surface area contributed by atoms with Crippen LogP contribution in [0.4, 0.5) is 0 Å². The van der Waals surface area contributed by atoms with Crippen molar-refractivity contribution < 1.29 is 9.53 Å². The SMILES string of the molecule is CCC(C)(CCOC(C)(C)CCC(=O)C(C)(C)C)NC(C)(C)I. The summed E-state index contributed by atoms with van der Waals surface area (Å²) in [6.07, 6.45) is 3.38. The normalized spacial score (nSPS) is 16.3. The van der Waals surface area contributed by atoms with E-state index >= 15 is 0 Å². The summed E-state index contributed by atoms with van der Waals surface area (Å²) in [5.41, 5.74) is -0.440. The molecule has 0 radical (unpaired) electrons. The van der Waals surface area contributed by atoms with Crippen molar-refractivity contribution in [2.24, 2.45) is 5.41 Å². The highest BCUT2D eigenvalue weighted by molar-refractivity contribution is 14.1. The Hall–Kier alpha value is 0.320. The number of carbonyl (C=O) groups is 1. The Morgan fingerprint density at radius 1 is 1.00 bits per heavy atom. The van der Waals surface area contributed by atoms with Crippen LogP contribution >= 0.6 is 22.6 Å². The summed E-state index contributed by atoms with van der Waals surface area (Å²) >= 11 is 2.43. The average molecular weight is 439 g/mol. The van der Waals surface area contributed by atoms with E-state index in [1.165, 1.54) is 0 Å². The number of halogens is 1. The van der Waals surface area contributed by atoms with E-state index in [0.717, 1.165) is 19.3 Å². The second-order valence-corrected chi connectivity index (χ2v) is 11.7. The minimum atomic E-state index is -0.257. The molecule has 0 aliphatic carbocycles. The molecule has 0 amide bonds. The molecule has 1 N–H and O–H groups in total. The van der Waals surface area contributed by atoms with Crippen molar-refractivity contribution >= 4 is 28.4 Å². The number of Topliss-reactive ketones (excluding diaryl/α,β-unsaturated/α-hetero) is 1. The lowest BCUT2D eigenvalue weighted by Gasteiger charge is -2.37. The van der Waals surface area contributed by atoms with Crippen LogP contribution in [0.15, 0.2) is 0 Å². The molecule has 138 valence electrons. The lowest BCUT2D eigenvalue weighted by Crippen LogP contribution is -2.51. The van der Waals surface area contributed by atoms with Gasteiger partial charge in [-0.3, -0.25) is 10.1 Å². The molecule has 1 unspecified atom stereocenters. The number of hydrogen-bond donors (Lipinski definition) is 1. The summed E-state index contributed by atoms with van der Waals surface area (Å²) in [7, 11) is 0. The van der Waals surface area contributed by atoms with Crippen LogP contribution in [0.1, 0.15) is 88.0 Å². The zero-order valence-corrected chi connectivity index (χ0v) is 18.9. The van der Waals surface area contributed by atoms with E-state index in [4.69, 9.17) is 4.74 Å². The number of hydrogen-bond acceptors (Lipinski definition) is 3. The fraction of sp³-hybridized carbons (Fsp3) is 0.947. The molecule has 0 rings (SSSR count). The Morgan fingerprint density at radius 3 is 1.91 bits per heavy atom. The fourth-order valence-corrected chi connectivity index (χ4v) is 3.11. The lowest BCUT2D eigenvalue weighted by molar-refractivity contribution is -0.128. The molecule has 0 aromatic carbocycles. The Balaban J connectivity index is 4.40. The molecule has 0 saturated carbocycles. The van der Waals surface area contributed by atoms with Crippen molar-refractivity contribution in [1.29, 1.82) is 0 Å². The van der Waals surface area contributed by atoms with Crippen LogP contribution in [-0.4, -0.2) is 27.1 Å². The highest BCUT2D eigenvalue weighted by atomic mass is 127. The van der Waals surface area contributed by atoms with Gasteiger partial charge in [0.05, 0.1) is 9.15 Å². The molecule has 0 aliphatic rings. The third-order valence-electron chi connectivity index (χ3n) is 4.32. The molecule has 0 fully saturated rings. The molecular formula is C19H38INO2. The lowest BCUT2D eigenvalue weighted by atomic mass is 9.86. The van der Waals surface area contributed by atoms with Gasteiger partial charge in [-0.1, -0.05) is 50.3 Å². The summed E-state index contributed by atoms with van der Waals surface area (Å²) < 4.78 is 6.18. The molecule has 4 heteroatoms. The number of carbonyl (C=O) groups excluding carboxylic acids is 1. The summed E-state index contributed by atoms with van der Waals surface area (Å²) in [6.45, 7) is 19.7. The monoisotopic (exact) mass is 439 g/mol. The summed E-state index contributed by atoms with van der Waals surface area (Å²) in [6, 6.07) is 0. The zero-order chi connectivity index (χ0) is 18.5.